The number of rotatable bonds is 7. The van der Waals surface area contributed by atoms with Crippen LogP contribution in [-0.4, -0.2) is 89.7 Å². The fourth-order valence-corrected chi connectivity index (χ4v) is 6.03. The van der Waals surface area contributed by atoms with E-state index in [4.69, 9.17) is 23.2 Å². The fourth-order valence-electron chi connectivity index (χ4n) is 5.05. The summed E-state index contributed by atoms with van der Waals surface area (Å²) < 4.78 is 23.2. The average molecular weight is 731 g/mol. The second-order valence-corrected chi connectivity index (χ2v) is 14.0. The number of benzene rings is 2. The Morgan fingerprint density at radius 3 is 1.76 bits per heavy atom. The maximum Gasteiger partial charge on any atom is 0.330 e. The number of nitrogens with zero attached hydrogens (tertiary/aromatic N) is 8. The van der Waals surface area contributed by atoms with Crippen LogP contribution >= 0.6 is 23.2 Å². The number of urea groups is 2. The molecule has 0 saturated carbocycles. The minimum Gasteiger partial charge on any atom is -0.394 e. The third-order valence-electron chi connectivity index (χ3n) is 7.70. The Kier molecular flexibility index (Phi) is 10.5. The molecule has 0 unspecified atom stereocenters. The van der Waals surface area contributed by atoms with Gasteiger partial charge in [0.2, 0.25) is 20.9 Å². The molecule has 0 fully saturated rings. The molecule has 4 aromatic rings. The van der Waals surface area contributed by atoms with Crippen LogP contribution in [0.4, 0.5) is 38.5 Å². The Balaban J connectivity index is 0.000000192. The minimum atomic E-state index is -3.54. The number of halogens is 2. The van der Waals surface area contributed by atoms with Crippen molar-refractivity contribution in [1.29, 1.82) is 0 Å². The van der Waals surface area contributed by atoms with Gasteiger partial charge < -0.3 is 15.5 Å². The van der Waals surface area contributed by atoms with Gasteiger partial charge in [0, 0.05) is 43.9 Å². The molecule has 0 radical (unpaired) electrons. The number of amides is 4. The normalized spacial score (nSPS) is 15.6. The van der Waals surface area contributed by atoms with Crippen LogP contribution in [0.1, 0.15) is 18.1 Å². The lowest BCUT2D eigenvalue weighted by Crippen LogP contribution is -2.46. The van der Waals surface area contributed by atoms with Gasteiger partial charge in [0.05, 0.1) is 53.3 Å². The Hall–Kier alpha value is -4.61. The molecule has 0 bridgehead atoms. The van der Waals surface area contributed by atoms with E-state index in [0.717, 1.165) is 11.8 Å². The van der Waals surface area contributed by atoms with Crippen molar-refractivity contribution in [1.82, 2.24) is 19.9 Å². The van der Waals surface area contributed by atoms with Crippen molar-refractivity contribution in [3.8, 4) is 0 Å². The summed E-state index contributed by atoms with van der Waals surface area (Å²) in [6, 6.07) is 12.9. The minimum absolute atomic E-state index is 0.215. The molecule has 0 spiro atoms. The summed E-state index contributed by atoms with van der Waals surface area (Å²) in [7, 11) is -0.389. The molecule has 0 aliphatic carbocycles. The predicted molar refractivity (Wildman–Crippen MR) is 186 cm³/mol. The van der Waals surface area contributed by atoms with Gasteiger partial charge in [0.1, 0.15) is 11.6 Å². The molecule has 49 heavy (non-hydrogen) atoms. The van der Waals surface area contributed by atoms with Gasteiger partial charge in [-0.05, 0) is 31.2 Å². The molecule has 4 amide bonds. The number of hydrogen-bond acceptors (Lipinski definition) is 11. The summed E-state index contributed by atoms with van der Waals surface area (Å²) in [5, 5.41) is 22.4. The molecular formula is C31H33Cl2N9O6S. The number of para-hydroxylation sites is 2. The number of nitrogens with one attached hydrogen (secondary N) is 1. The Bertz CT molecular complexity index is 2000. The molecule has 2 aromatic heterocycles. The number of sulfone groups is 1. The summed E-state index contributed by atoms with van der Waals surface area (Å²) in [4.78, 5) is 47.6. The molecule has 6 rings (SSSR count). The van der Waals surface area contributed by atoms with Crippen molar-refractivity contribution in [2.45, 2.75) is 37.3 Å². The largest absolute Gasteiger partial charge is 0.394 e. The third-order valence-corrected chi connectivity index (χ3v) is 9.20. The molecule has 258 valence electrons. The van der Waals surface area contributed by atoms with Crippen LogP contribution in [0.25, 0.3) is 0 Å². The predicted octanol–water partition coefficient (Wildman–Crippen LogP) is 3.97. The lowest BCUT2D eigenvalue weighted by molar-refractivity contribution is 0.132. The second kappa shape index (κ2) is 14.5. The zero-order valence-electron chi connectivity index (χ0n) is 26.8. The Labute approximate surface area is 292 Å². The second-order valence-electron chi connectivity index (χ2n) is 11.2. The van der Waals surface area contributed by atoms with E-state index in [1.807, 2.05) is 6.07 Å². The van der Waals surface area contributed by atoms with Crippen molar-refractivity contribution in [2.24, 2.45) is 0 Å². The van der Waals surface area contributed by atoms with Gasteiger partial charge >= 0.3 is 12.1 Å². The number of carbonyl (C=O) groups excluding carboxylic acids is 2. The maximum atomic E-state index is 12.8. The number of carbonyl (C=O) groups is 2. The number of aliphatic hydroxyl groups excluding tert-OH is 2. The van der Waals surface area contributed by atoms with Gasteiger partial charge in [0.15, 0.2) is 0 Å². The van der Waals surface area contributed by atoms with E-state index in [-0.39, 0.29) is 42.1 Å². The molecule has 15 nitrogen and oxygen atoms in total. The molecular weight excluding hydrogens is 697 g/mol. The van der Waals surface area contributed by atoms with Crippen LogP contribution in [0.15, 0.2) is 66.1 Å². The quantitative estimate of drug-likeness (QED) is 0.234. The lowest BCUT2D eigenvalue weighted by Gasteiger charge is -2.34. The summed E-state index contributed by atoms with van der Waals surface area (Å²) in [5.41, 5.74) is 2.59. The van der Waals surface area contributed by atoms with E-state index < -0.39 is 22.0 Å². The summed E-state index contributed by atoms with van der Waals surface area (Å²) in [5.74, 6) is 0.987. The van der Waals surface area contributed by atoms with Crippen LogP contribution in [-0.2, 0) is 22.9 Å². The van der Waals surface area contributed by atoms with Crippen molar-refractivity contribution >= 4 is 74.1 Å². The van der Waals surface area contributed by atoms with Gasteiger partial charge in [-0.15, -0.1) is 0 Å². The van der Waals surface area contributed by atoms with E-state index in [2.05, 4.69) is 25.3 Å². The summed E-state index contributed by atoms with van der Waals surface area (Å²) in [6.45, 7) is 1.80. The Morgan fingerprint density at radius 2 is 1.31 bits per heavy atom. The molecule has 3 N–H and O–H groups in total. The van der Waals surface area contributed by atoms with E-state index in [9.17, 15) is 28.2 Å². The van der Waals surface area contributed by atoms with Gasteiger partial charge in [-0.1, -0.05) is 47.5 Å². The smallest absolute Gasteiger partial charge is 0.330 e. The first-order valence-electron chi connectivity index (χ1n) is 14.8. The number of aromatic nitrogens is 4. The number of fused-ring (bicyclic) bond motifs is 2. The van der Waals surface area contributed by atoms with Crippen molar-refractivity contribution in [2.75, 3.05) is 51.9 Å². The third kappa shape index (κ3) is 7.52. The van der Waals surface area contributed by atoms with Crippen LogP contribution in [0.5, 0.6) is 0 Å². The maximum absolute atomic E-state index is 12.8. The van der Waals surface area contributed by atoms with Crippen molar-refractivity contribution in [3.63, 3.8) is 0 Å². The average Bonchev–Trinajstić information content (AvgIpc) is 3.07. The van der Waals surface area contributed by atoms with Crippen LogP contribution in [0.2, 0.25) is 10.0 Å². The highest BCUT2D eigenvalue weighted by Gasteiger charge is 2.33. The molecule has 0 saturated heterocycles. The first-order valence-corrected chi connectivity index (χ1v) is 17.4. The highest BCUT2D eigenvalue weighted by Crippen LogP contribution is 2.35. The fraction of sp³-hybridized carbons (Fsp3) is 0.290. The highest BCUT2D eigenvalue weighted by molar-refractivity contribution is 7.90. The van der Waals surface area contributed by atoms with Crippen molar-refractivity contribution < 1.29 is 28.2 Å². The SMILES string of the molecule is CN1C(=O)N(c2ccccc2Cl)Cc2cnc(S(C)(=O)=O)nc21.C[C@H](O)[C@@H](CO)Nc1ncc2c(n1)N(C)C(=O)N(c1ccccc1Cl)C2. The van der Waals surface area contributed by atoms with Gasteiger partial charge in [-0.2, -0.15) is 4.98 Å². The number of aliphatic hydroxyl groups is 2. The van der Waals surface area contributed by atoms with E-state index in [1.54, 1.807) is 67.5 Å². The molecule has 2 atom stereocenters. The molecule has 2 aliphatic rings. The number of anilines is 5. The molecule has 2 aromatic carbocycles. The first kappa shape index (κ1) is 35.7. The standard InChI is InChI=1S/C17H20ClN5O3.C14H13ClN4O3S/c1-10(25)13(9-24)20-16-19-7-11-8-23(14-6-4-3-5-12(14)18)17(26)22(2)15(11)21-16;1-18-12-9(7-16-13(17-12)23(2,21)22)8-19(14(18)20)11-6-4-3-5-10(11)15/h3-7,10,13,24-25H,8-9H2,1-2H3,(H,19,20,21);3-7H,8H2,1-2H3/t10-,13+;/m0./s1. The van der Waals surface area contributed by atoms with Crippen LogP contribution in [0.3, 0.4) is 0 Å². The molecule has 18 heteroatoms. The summed E-state index contributed by atoms with van der Waals surface area (Å²) >= 11 is 12.4. The lowest BCUT2D eigenvalue weighted by atomic mass is 10.2. The van der Waals surface area contributed by atoms with Crippen LogP contribution < -0.4 is 24.9 Å². The van der Waals surface area contributed by atoms with E-state index in [1.165, 1.54) is 27.9 Å². The zero-order valence-corrected chi connectivity index (χ0v) is 29.1. The monoisotopic (exact) mass is 729 g/mol. The van der Waals surface area contributed by atoms with Gasteiger partial charge in [-0.25, -0.2) is 33.0 Å². The first-order chi connectivity index (χ1) is 23.2. The van der Waals surface area contributed by atoms with E-state index >= 15 is 0 Å². The van der Waals surface area contributed by atoms with Crippen LogP contribution in [0, 0.1) is 0 Å². The van der Waals surface area contributed by atoms with Crippen molar-refractivity contribution in [3.05, 3.63) is 82.1 Å². The zero-order chi connectivity index (χ0) is 35.6. The van der Waals surface area contributed by atoms with E-state index in [0.29, 0.717) is 39.3 Å². The Morgan fingerprint density at radius 1 is 0.837 bits per heavy atom. The molecule has 4 heterocycles. The topological polar surface area (TPSA) is 185 Å². The number of hydrogen-bond donors (Lipinski definition) is 3. The van der Waals surface area contributed by atoms with Gasteiger partial charge in [0.25, 0.3) is 0 Å². The summed E-state index contributed by atoms with van der Waals surface area (Å²) in [6.07, 6.45) is 3.28. The van der Waals surface area contributed by atoms with Gasteiger partial charge in [-0.3, -0.25) is 19.6 Å². The highest BCUT2D eigenvalue weighted by atomic mass is 35.5. The molecule has 2 aliphatic heterocycles.